The lowest BCUT2D eigenvalue weighted by Gasteiger charge is -2.25. The SMILES string of the molecule is CCCCCCOc1ccc(C=N[C@@H]2CCCC[C@H]2N=Cc2ccc(OCCCCCC)cc2O)c(O)c1. The molecule has 1 aliphatic rings. The minimum atomic E-state index is 0.0433. The zero-order chi connectivity index (χ0) is 27.0. The number of phenols is 2. The van der Waals surface area contributed by atoms with Gasteiger partial charge in [0.25, 0.3) is 0 Å². The first-order chi connectivity index (χ1) is 18.6. The van der Waals surface area contributed by atoms with Crippen LogP contribution in [0.1, 0.15) is 102 Å². The molecule has 0 aliphatic heterocycles. The van der Waals surface area contributed by atoms with Crippen molar-refractivity contribution < 1.29 is 19.7 Å². The molecule has 38 heavy (non-hydrogen) atoms. The second-order valence-electron chi connectivity index (χ2n) is 10.2. The van der Waals surface area contributed by atoms with Gasteiger partial charge in [-0.1, -0.05) is 65.2 Å². The first kappa shape index (κ1) is 29.5. The molecule has 0 heterocycles. The quantitative estimate of drug-likeness (QED) is 0.174. The Labute approximate surface area is 228 Å². The summed E-state index contributed by atoms with van der Waals surface area (Å²) in [4.78, 5) is 9.61. The molecule has 0 unspecified atom stereocenters. The van der Waals surface area contributed by atoms with E-state index in [0.717, 1.165) is 51.4 Å². The maximum atomic E-state index is 10.5. The van der Waals surface area contributed by atoms with Crippen LogP contribution in [0.2, 0.25) is 0 Å². The molecule has 0 radical (unpaired) electrons. The molecular weight excluding hydrogens is 476 g/mol. The Bertz CT molecular complexity index is 939. The van der Waals surface area contributed by atoms with E-state index in [2.05, 4.69) is 13.8 Å². The first-order valence-electron chi connectivity index (χ1n) is 14.6. The Morgan fingerprint density at radius 1 is 0.684 bits per heavy atom. The van der Waals surface area contributed by atoms with Gasteiger partial charge in [0.1, 0.15) is 23.0 Å². The molecule has 0 bridgehead atoms. The Balaban J connectivity index is 1.55. The largest absolute Gasteiger partial charge is 0.507 e. The molecule has 2 N–H and O–H groups in total. The fourth-order valence-electron chi connectivity index (χ4n) is 4.67. The number of hydrogen-bond acceptors (Lipinski definition) is 6. The van der Waals surface area contributed by atoms with E-state index in [4.69, 9.17) is 19.5 Å². The van der Waals surface area contributed by atoms with Crippen LogP contribution < -0.4 is 9.47 Å². The van der Waals surface area contributed by atoms with Crippen LogP contribution in [0, 0.1) is 0 Å². The predicted molar refractivity (Wildman–Crippen MR) is 157 cm³/mol. The molecule has 2 aromatic carbocycles. The summed E-state index contributed by atoms with van der Waals surface area (Å²) in [6, 6.07) is 10.9. The van der Waals surface area contributed by atoms with Crippen LogP contribution in [0.15, 0.2) is 46.4 Å². The molecule has 3 rings (SSSR count). The summed E-state index contributed by atoms with van der Waals surface area (Å²) < 4.78 is 11.5. The van der Waals surface area contributed by atoms with Gasteiger partial charge < -0.3 is 19.7 Å². The van der Waals surface area contributed by atoms with Crippen molar-refractivity contribution in [3.05, 3.63) is 47.5 Å². The highest BCUT2D eigenvalue weighted by Crippen LogP contribution is 2.27. The number of unbranched alkanes of at least 4 members (excludes halogenated alkanes) is 6. The highest BCUT2D eigenvalue weighted by atomic mass is 16.5. The summed E-state index contributed by atoms with van der Waals surface area (Å²) in [5.74, 6) is 1.72. The fourth-order valence-corrected chi connectivity index (χ4v) is 4.67. The van der Waals surface area contributed by atoms with Crippen molar-refractivity contribution in [1.29, 1.82) is 0 Å². The Hall–Kier alpha value is -3.02. The van der Waals surface area contributed by atoms with Gasteiger partial charge in [-0.2, -0.15) is 0 Å². The average Bonchev–Trinajstić information content (AvgIpc) is 2.92. The standard InChI is InChI=1S/C32H46N2O4/c1-3-5-7-11-19-37-27-17-15-25(31(35)21-27)23-33-29-13-9-10-14-30(29)34-24-26-16-18-28(22-32(26)36)38-20-12-8-6-4-2/h15-18,21-24,29-30,35-36H,3-14,19-20H2,1-2H3/t29-,30-/m1/s1. The Morgan fingerprint density at radius 3 is 1.53 bits per heavy atom. The van der Waals surface area contributed by atoms with Crippen molar-refractivity contribution in [3.63, 3.8) is 0 Å². The number of ether oxygens (including phenoxy) is 2. The number of aliphatic imine (C=N–C) groups is 2. The second-order valence-corrected chi connectivity index (χ2v) is 10.2. The summed E-state index contributed by atoms with van der Waals surface area (Å²) in [6.45, 7) is 5.71. The predicted octanol–water partition coefficient (Wildman–Crippen LogP) is 7.87. The monoisotopic (exact) mass is 522 g/mol. The van der Waals surface area contributed by atoms with E-state index in [1.54, 1.807) is 24.6 Å². The van der Waals surface area contributed by atoms with Crippen LogP contribution >= 0.6 is 0 Å². The first-order valence-corrected chi connectivity index (χ1v) is 14.6. The zero-order valence-electron chi connectivity index (χ0n) is 23.3. The molecule has 6 nitrogen and oxygen atoms in total. The average molecular weight is 523 g/mol. The molecule has 0 saturated heterocycles. The van der Waals surface area contributed by atoms with E-state index in [0.29, 0.717) is 35.8 Å². The fraction of sp³-hybridized carbons (Fsp3) is 0.562. The van der Waals surface area contributed by atoms with Crippen LogP contribution in [-0.2, 0) is 0 Å². The molecule has 2 atom stereocenters. The molecule has 1 saturated carbocycles. The smallest absolute Gasteiger partial charge is 0.128 e. The van der Waals surface area contributed by atoms with Crippen molar-refractivity contribution in [2.45, 2.75) is 103 Å². The van der Waals surface area contributed by atoms with Gasteiger partial charge in [0.15, 0.2) is 0 Å². The van der Waals surface area contributed by atoms with Gasteiger partial charge in [-0.3, -0.25) is 9.98 Å². The number of rotatable bonds is 16. The molecule has 1 aliphatic carbocycles. The van der Waals surface area contributed by atoms with Gasteiger partial charge in [0.2, 0.25) is 0 Å². The number of benzene rings is 2. The summed E-state index contributed by atoms with van der Waals surface area (Å²) in [5.41, 5.74) is 1.36. The van der Waals surface area contributed by atoms with Gasteiger partial charge in [-0.15, -0.1) is 0 Å². The lowest BCUT2D eigenvalue weighted by molar-refractivity contribution is 0.303. The van der Waals surface area contributed by atoms with Crippen molar-refractivity contribution in [1.82, 2.24) is 0 Å². The van der Waals surface area contributed by atoms with E-state index >= 15 is 0 Å². The third-order valence-electron chi connectivity index (χ3n) is 7.04. The molecule has 208 valence electrons. The van der Waals surface area contributed by atoms with Crippen LogP contribution in [0.3, 0.4) is 0 Å². The minimum Gasteiger partial charge on any atom is -0.507 e. The number of aromatic hydroxyl groups is 2. The third kappa shape index (κ3) is 10.0. The molecule has 6 heteroatoms. The lowest BCUT2D eigenvalue weighted by Crippen LogP contribution is -2.27. The highest BCUT2D eigenvalue weighted by molar-refractivity contribution is 5.85. The van der Waals surface area contributed by atoms with Crippen molar-refractivity contribution in [3.8, 4) is 23.0 Å². The summed E-state index contributed by atoms with van der Waals surface area (Å²) in [7, 11) is 0. The Kier molecular flexibility index (Phi) is 13.0. The van der Waals surface area contributed by atoms with Gasteiger partial charge in [-0.05, 0) is 49.9 Å². The maximum Gasteiger partial charge on any atom is 0.128 e. The van der Waals surface area contributed by atoms with Gasteiger partial charge in [0, 0.05) is 35.7 Å². The number of hydrogen-bond donors (Lipinski definition) is 2. The summed E-state index contributed by atoms with van der Waals surface area (Å²) >= 11 is 0. The van der Waals surface area contributed by atoms with Gasteiger partial charge in [-0.25, -0.2) is 0 Å². The van der Waals surface area contributed by atoms with Crippen molar-refractivity contribution in [2.24, 2.45) is 9.98 Å². The zero-order valence-corrected chi connectivity index (χ0v) is 23.3. The van der Waals surface area contributed by atoms with E-state index in [-0.39, 0.29) is 23.6 Å². The van der Waals surface area contributed by atoms with Crippen LogP contribution in [-0.4, -0.2) is 47.9 Å². The third-order valence-corrected chi connectivity index (χ3v) is 7.04. The Morgan fingerprint density at radius 2 is 1.13 bits per heavy atom. The van der Waals surface area contributed by atoms with Crippen LogP contribution in [0.25, 0.3) is 0 Å². The number of phenolic OH excluding ortho intramolecular Hbond substituents is 2. The molecule has 1 fully saturated rings. The number of nitrogens with zero attached hydrogens (tertiary/aromatic N) is 2. The molecule has 2 aromatic rings. The summed E-state index contributed by atoms with van der Waals surface area (Å²) in [6.07, 6.45) is 16.9. The van der Waals surface area contributed by atoms with E-state index < -0.39 is 0 Å². The van der Waals surface area contributed by atoms with E-state index in [1.807, 2.05) is 24.3 Å². The molecule has 0 spiro atoms. The van der Waals surface area contributed by atoms with Crippen LogP contribution in [0.5, 0.6) is 23.0 Å². The normalized spacial score (nSPS) is 17.8. The second kappa shape index (κ2) is 16.7. The maximum absolute atomic E-state index is 10.5. The van der Waals surface area contributed by atoms with Crippen LogP contribution in [0.4, 0.5) is 0 Å². The van der Waals surface area contributed by atoms with Gasteiger partial charge >= 0.3 is 0 Å². The van der Waals surface area contributed by atoms with Crippen molar-refractivity contribution >= 4 is 12.4 Å². The van der Waals surface area contributed by atoms with Gasteiger partial charge in [0.05, 0.1) is 25.3 Å². The molecular formula is C32H46N2O4. The van der Waals surface area contributed by atoms with E-state index in [9.17, 15) is 10.2 Å². The van der Waals surface area contributed by atoms with E-state index in [1.165, 1.54) is 25.7 Å². The van der Waals surface area contributed by atoms with Crippen molar-refractivity contribution in [2.75, 3.05) is 13.2 Å². The minimum absolute atomic E-state index is 0.0433. The lowest BCUT2D eigenvalue weighted by atomic mass is 9.91. The molecule has 0 amide bonds. The molecule has 0 aromatic heterocycles. The highest BCUT2D eigenvalue weighted by Gasteiger charge is 2.23. The summed E-state index contributed by atoms with van der Waals surface area (Å²) in [5, 5.41) is 21.0. The topological polar surface area (TPSA) is 83.6 Å².